The number of amides is 2. The molecular weight excluding hydrogens is 450 g/mol. The zero-order valence-corrected chi connectivity index (χ0v) is 19.5. The molecule has 0 saturated carbocycles. The Hall–Kier alpha value is -2.69. The topological polar surface area (TPSA) is 105 Å². The maximum atomic E-state index is 13.0. The summed E-state index contributed by atoms with van der Waals surface area (Å²) in [5.41, 5.74) is 1.70. The molecule has 2 aromatic rings. The van der Waals surface area contributed by atoms with Gasteiger partial charge >= 0.3 is 0 Å². The van der Waals surface area contributed by atoms with E-state index in [-0.39, 0.29) is 34.8 Å². The van der Waals surface area contributed by atoms with Gasteiger partial charge in [0.2, 0.25) is 11.8 Å². The van der Waals surface area contributed by atoms with Gasteiger partial charge in [-0.3, -0.25) is 14.5 Å². The fourth-order valence-corrected chi connectivity index (χ4v) is 5.45. The zero-order chi connectivity index (χ0) is 23.1. The second-order valence-corrected chi connectivity index (χ2v) is 10.00. The van der Waals surface area contributed by atoms with Gasteiger partial charge in [0.05, 0.1) is 4.90 Å². The lowest BCUT2D eigenvalue weighted by Crippen LogP contribution is -2.35. The van der Waals surface area contributed by atoms with Crippen LogP contribution in [0.5, 0.6) is 0 Å². The van der Waals surface area contributed by atoms with E-state index in [0.717, 1.165) is 17.3 Å². The second-order valence-electron chi connectivity index (χ2n) is 7.22. The van der Waals surface area contributed by atoms with Crippen LogP contribution in [0.1, 0.15) is 18.4 Å². The molecule has 3 rings (SSSR count). The van der Waals surface area contributed by atoms with Gasteiger partial charge in [-0.2, -0.15) is 8.42 Å². The van der Waals surface area contributed by atoms with Crippen molar-refractivity contribution in [1.29, 1.82) is 0 Å². The molecule has 1 aliphatic heterocycles. The largest absolute Gasteiger partial charge is 0.385 e. The van der Waals surface area contributed by atoms with E-state index in [4.69, 9.17) is 4.74 Å². The number of sulfonamides is 1. The predicted octanol–water partition coefficient (Wildman–Crippen LogP) is 3.05. The maximum Gasteiger partial charge on any atom is 0.284 e. The minimum absolute atomic E-state index is 0.0398. The lowest BCUT2D eigenvalue weighted by molar-refractivity contribution is -0.128. The third-order valence-electron chi connectivity index (χ3n) is 4.70. The Labute approximate surface area is 192 Å². The van der Waals surface area contributed by atoms with Gasteiger partial charge in [0.25, 0.3) is 10.0 Å². The smallest absolute Gasteiger partial charge is 0.284 e. The summed E-state index contributed by atoms with van der Waals surface area (Å²) in [6, 6.07) is 15.1. The number of nitrogens with zero attached hydrogens (tertiary/aromatic N) is 2. The van der Waals surface area contributed by atoms with Crippen molar-refractivity contribution in [1.82, 2.24) is 4.90 Å². The van der Waals surface area contributed by atoms with Crippen LogP contribution in [0.15, 0.2) is 63.9 Å². The van der Waals surface area contributed by atoms with E-state index < -0.39 is 15.3 Å². The molecular formula is C22H25N3O5S2. The summed E-state index contributed by atoms with van der Waals surface area (Å²) in [4.78, 5) is 26.8. The van der Waals surface area contributed by atoms with Crippen LogP contribution in [0, 0.1) is 6.92 Å². The highest BCUT2D eigenvalue weighted by Gasteiger charge is 2.40. The zero-order valence-electron chi connectivity index (χ0n) is 17.9. The molecule has 2 amide bonds. The maximum absolute atomic E-state index is 13.0. The first-order valence-corrected chi connectivity index (χ1v) is 12.4. The Morgan fingerprint density at radius 1 is 1.16 bits per heavy atom. The van der Waals surface area contributed by atoms with Gasteiger partial charge in [0.1, 0.15) is 5.25 Å². The quantitative estimate of drug-likeness (QED) is 0.559. The monoisotopic (exact) mass is 475 g/mol. The Balaban J connectivity index is 1.77. The van der Waals surface area contributed by atoms with Crippen LogP contribution in [0.3, 0.4) is 0 Å². The predicted molar refractivity (Wildman–Crippen MR) is 125 cm³/mol. The van der Waals surface area contributed by atoms with Gasteiger partial charge in [-0.05, 0) is 37.6 Å². The molecule has 2 aromatic carbocycles. The molecule has 8 nitrogen and oxygen atoms in total. The van der Waals surface area contributed by atoms with Crippen LogP contribution in [-0.4, -0.2) is 55.8 Å². The van der Waals surface area contributed by atoms with E-state index >= 15 is 0 Å². The van der Waals surface area contributed by atoms with Gasteiger partial charge in [0, 0.05) is 32.4 Å². The molecule has 32 heavy (non-hydrogen) atoms. The summed E-state index contributed by atoms with van der Waals surface area (Å²) in [5, 5.41) is 2.09. The Kier molecular flexibility index (Phi) is 8.05. The number of aryl methyl sites for hydroxylation is 1. The molecule has 170 valence electrons. The summed E-state index contributed by atoms with van der Waals surface area (Å²) >= 11 is 0.993. The Morgan fingerprint density at radius 3 is 2.50 bits per heavy atom. The number of rotatable bonds is 9. The number of amidine groups is 1. The molecule has 1 unspecified atom stereocenters. The molecule has 0 spiro atoms. The Morgan fingerprint density at radius 2 is 1.84 bits per heavy atom. The molecule has 1 fully saturated rings. The normalized spacial score (nSPS) is 17.7. The van der Waals surface area contributed by atoms with E-state index in [1.807, 2.05) is 19.1 Å². The van der Waals surface area contributed by atoms with E-state index in [9.17, 15) is 18.0 Å². The van der Waals surface area contributed by atoms with E-state index in [0.29, 0.717) is 18.7 Å². The summed E-state index contributed by atoms with van der Waals surface area (Å²) in [6.45, 7) is 2.60. The molecule has 0 bridgehead atoms. The van der Waals surface area contributed by atoms with Crippen molar-refractivity contribution in [2.24, 2.45) is 4.40 Å². The first kappa shape index (κ1) is 24.0. The van der Waals surface area contributed by atoms with Gasteiger partial charge in [-0.1, -0.05) is 47.7 Å². The van der Waals surface area contributed by atoms with Gasteiger partial charge in [0.15, 0.2) is 5.17 Å². The van der Waals surface area contributed by atoms with Crippen LogP contribution >= 0.6 is 11.8 Å². The number of hydrogen-bond donors (Lipinski definition) is 1. The first-order chi connectivity index (χ1) is 15.3. The minimum Gasteiger partial charge on any atom is -0.385 e. The molecule has 0 aromatic heterocycles. The van der Waals surface area contributed by atoms with E-state index in [2.05, 4.69) is 9.71 Å². The van der Waals surface area contributed by atoms with Crippen molar-refractivity contribution in [3.8, 4) is 0 Å². The SMILES string of the molecule is COCCCN1C(=O)C(CC(=O)Nc2ccc(C)cc2)SC1=NS(=O)(=O)c1ccccc1. The van der Waals surface area contributed by atoms with Crippen molar-refractivity contribution in [2.45, 2.75) is 29.9 Å². The highest BCUT2D eigenvalue weighted by Crippen LogP contribution is 2.31. The fourth-order valence-electron chi connectivity index (χ4n) is 3.05. The molecule has 1 N–H and O–H groups in total. The number of ether oxygens (including phenoxy) is 1. The third-order valence-corrected chi connectivity index (χ3v) is 7.27. The third kappa shape index (κ3) is 6.18. The molecule has 1 atom stereocenters. The molecule has 0 radical (unpaired) electrons. The number of hydrogen-bond acceptors (Lipinski definition) is 6. The van der Waals surface area contributed by atoms with Crippen LogP contribution in [0.4, 0.5) is 5.69 Å². The lowest BCUT2D eigenvalue weighted by Gasteiger charge is -2.16. The minimum atomic E-state index is -3.99. The van der Waals surface area contributed by atoms with Crippen molar-refractivity contribution in [3.63, 3.8) is 0 Å². The van der Waals surface area contributed by atoms with Crippen LogP contribution in [0.2, 0.25) is 0 Å². The van der Waals surface area contributed by atoms with Gasteiger partial charge in [-0.15, -0.1) is 4.40 Å². The average Bonchev–Trinajstić information content (AvgIpc) is 3.04. The van der Waals surface area contributed by atoms with Crippen LogP contribution in [-0.2, 0) is 24.3 Å². The summed E-state index contributed by atoms with van der Waals surface area (Å²) in [5.74, 6) is -0.670. The standard InChI is InChI=1S/C22H25N3O5S2/c1-16-9-11-17(12-10-16)23-20(26)15-19-21(27)25(13-6-14-30-2)22(31-19)24-32(28,29)18-7-4-3-5-8-18/h3-5,7-12,19H,6,13-15H2,1-2H3,(H,23,26). The number of thioether (sulfide) groups is 1. The van der Waals surface area contributed by atoms with Crippen LogP contribution in [0.25, 0.3) is 0 Å². The first-order valence-electron chi connectivity index (χ1n) is 10.0. The average molecular weight is 476 g/mol. The number of methoxy groups -OCH3 is 1. The van der Waals surface area contributed by atoms with Gasteiger partial charge < -0.3 is 10.1 Å². The van der Waals surface area contributed by atoms with Crippen molar-refractivity contribution in [3.05, 3.63) is 60.2 Å². The number of carbonyl (C=O) groups excluding carboxylic acids is 2. The molecule has 1 aliphatic rings. The lowest BCUT2D eigenvalue weighted by atomic mass is 10.2. The Bertz CT molecular complexity index is 1090. The van der Waals surface area contributed by atoms with E-state index in [1.54, 1.807) is 37.4 Å². The van der Waals surface area contributed by atoms with Crippen molar-refractivity contribution >= 4 is 44.5 Å². The van der Waals surface area contributed by atoms with Crippen molar-refractivity contribution < 1.29 is 22.7 Å². The summed E-state index contributed by atoms with van der Waals surface area (Å²) in [7, 11) is -2.44. The van der Waals surface area contributed by atoms with Crippen molar-refractivity contribution in [2.75, 3.05) is 25.6 Å². The van der Waals surface area contributed by atoms with Crippen LogP contribution < -0.4 is 5.32 Å². The number of nitrogens with one attached hydrogen (secondary N) is 1. The molecule has 1 saturated heterocycles. The fraction of sp³-hybridized carbons (Fsp3) is 0.318. The number of carbonyl (C=O) groups is 2. The summed E-state index contributed by atoms with van der Waals surface area (Å²) in [6.07, 6.45) is 0.415. The summed E-state index contributed by atoms with van der Waals surface area (Å²) < 4.78 is 34.4. The molecule has 0 aliphatic carbocycles. The highest BCUT2D eigenvalue weighted by atomic mass is 32.2. The molecule has 1 heterocycles. The van der Waals surface area contributed by atoms with Gasteiger partial charge in [-0.25, -0.2) is 0 Å². The number of benzene rings is 2. The highest BCUT2D eigenvalue weighted by molar-refractivity contribution is 8.16. The van der Waals surface area contributed by atoms with E-state index in [1.165, 1.54) is 17.0 Å². The number of anilines is 1. The second kappa shape index (κ2) is 10.8. The molecule has 10 heteroatoms.